The van der Waals surface area contributed by atoms with Gasteiger partial charge in [0.2, 0.25) is 5.88 Å². The lowest BCUT2D eigenvalue weighted by molar-refractivity contribution is 0.217. The van der Waals surface area contributed by atoms with Crippen LogP contribution in [0.2, 0.25) is 0 Å². The van der Waals surface area contributed by atoms with Gasteiger partial charge in [-0.25, -0.2) is 4.98 Å². The summed E-state index contributed by atoms with van der Waals surface area (Å²) in [5.74, 6) is 2.28. The average Bonchev–Trinajstić information content (AvgIpc) is 3.10. The second kappa shape index (κ2) is 8.70. The highest BCUT2D eigenvalue weighted by atomic mass is 16.5. The van der Waals surface area contributed by atoms with Gasteiger partial charge in [-0.2, -0.15) is 0 Å². The van der Waals surface area contributed by atoms with Crippen molar-refractivity contribution in [2.45, 2.75) is 56.9 Å². The maximum atomic E-state index is 9.58. The summed E-state index contributed by atoms with van der Waals surface area (Å²) in [6.07, 6.45) is 12.1. The lowest BCUT2D eigenvalue weighted by Crippen LogP contribution is -2.46. The molecule has 1 aliphatic heterocycles. The summed E-state index contributed by atoms with van der Waals surface area (Å²) < 4.78 is 5.85. The Morgan fingerprint density at radius 3 is 2.93 bits per heavy atom. The molecule has 2 aromatic rings. The third-order valence-electron chi connectivity index (χ3n) is 5.94. The SMILES string of the molecule is Oc1cccc([C@@H]2CC[C@H](CCCc3cncc(OC[C@@H]4CCN4)c3)C2)n1. The van der Waals surface area contributed by atoms with Gasteiger partial charge in [0.05, 0.1) is 6.20 Å². The number of hydrogen-bond acceptors (Lipinski definition) is 5. The normalized spacial score (nSPS) is 24.5. The number of aryl methyl sites for hydroxylation is 1. The third kappa shape index (κ3) is 4.98. The van der Waals surface area contributed by atoms with Crippen molar-refractivity contribution in [1.29, 1.82) is 0 Å². The van der Waals surface area contributed by atoms with E-state index < -0.39 is 0 Å². The van der Waals surface area contributed by atoms with Gasteiger partial charge in [-0.15, -0.1) is 0 Å². The van der Waals surface area contributed by atoms with Crippen molar-refractivity contribution in [3.05, 3.63) is 47.9 Å². The topological polar surface area (TPSA) is 67.3 Å². The molecule has 0 unspecified atom stereocenters. The van der Waals surface area contributed by atoms with Crippen LogP contribution in [0.1, 0.15) is 55.7 Å². The fourth-order valence-electron chi connectivity index (χ4n) is 4.23. The van der Waals surface area contributed by atoms with E-state index >= 15 is 0 Å². The number of aromatic hydroxyl groups is 1. The monoisotopic (exact) mass is 367 g/mol. The van der Waals surface area contributed by atoms with Gasteiger partial charge in [-0.1, -0.05) is 12.5 Å². The molecule has 2 fully saturated rings. The molecule has 3 atom stereocenters. The summed E-state index contributed by atoms with van der Waals surface area (Å²) in [5.41, 5.74) is 2.31. The number of nitrogens with one attached hydrogen (secondary N) is 1. The molecule has 1 saturated heterocycles. The van der Waals surface area contributed by atoms with Crippen molar-refractivity contribution < 1.29 is 9.84 Å². The highest BCUT2D eigenvalue weighted by Crippen LogP contribution is 2.40. The molecule has 4 rings (SSSR count). The number of nitrogens with zero attached hydrogens (tertiary/aromatic N) is 2. The van der Waals surface area contributed by atoms with Gasteiger partial charge < -0.3 is 15.2 Å². The van der Waals surface area contributed by atoms with Gasteiger partial charge in [0.1, 0.15) is 12.4 Å². The quantitative estimate of drug-likeness (QED) is 0.742. The molecule has 0 bridgehead atoms. The van der Waals surface area contributed by atoms with Crippen molar-refractivity contribution >= 4 is 0 Å². The minimum atomic E-state index is 0.138. The standard InChI is InChI=1S/C22H29N3O2/c26-22-6-2-5-21(25-22)18-8-7-16(11-18)3-1-4-17-12-20(14-23-13-17)27-15-19-9-10-24-19/h2,5-6,12-14,16,18-19,24H,1,3-4,7-11,15H2,(H,25,26)/t16-,18+,19-/m0/s1. The summed E-state index contributed by atoms with van der Waals surface area (Å²) in [6, 6.07) is 8.23. The fraction of sp³-hybridized carbons (Fsp3) is 0.545. The summed E-state index contributed by atoms with van der Waals surface area (Å²) in [5, 5.41) is 12.9. The van der Waals surface area contributed by atoms with Crippen LogP contribution < -0.4 is 10.1 Å². The maximum Gasteiger partial charge on any atom is 0.210 e. The molecule has 27 heavy (non-hydrogen) atoms. The first-order valence-corrected chi connectivity index (χ1v) is 10.2. The van der Waals surface area contributed by atoms with E-state index in [-0.39, 0.29) is 5.88 Å². The molecule has 2 aliphatic rings. The molecule has 0 aromatic carbocycles. The predicted octanol–water partition coefficient (Wildman–Crippen LogP) is 3.83. The summed E-state index contributed by atoms with van der Waals surface area (Å²) in [6.45, 7) is 1.84. The van der Waals surface area contributed by atoms with E-state index in [4.69, 9.17) is 4.74 Å². The summed E-state index contributed by atoms with van der Waals surface area (Å²) in [7, 11) is 0. The zero-order valence-corrected chi connectivity index (χ0v) is 15.8. The molecule has 0 amide bonds. The average molecular weight is 367 g/mol. The number of ether oxygens (including phenoxy) is 1. The fourth-order valence-corrected chi connectivity index (χ4v) is 4.23. The van der Waals surface area contributed by atoms with Crippen LogP contribution in [0.25, 0.3) is 0 Å². The molecular formula is C22H29N3O2. The number of rotatable bonds is 8. The number of hydrogen-bond donors (Lipinski definition) is 2. The molecule has 1 aliphatic carbocycles. The molecule has 0 radical (unpaired) electrons. The van der Waals surface area contributed by atoms with Crippen molar-refractivity contribution in [2.24, 2.45) is 5.92 Å². The van der Waals surface area contributed by atoms with E-state index in [1.54, 1.807) is 6.07 Å². The minimum absolute atomic E-state index is 0.138. The number of aromatic nitrogens is 2. The Bertz CT molecular complexity index is 748. The van der Waals surface area contributed by atoms with Crippen LogP contribution in [-0.4, -0.2) is 34.3 Å². The molecular weight excluding hydrogens is 338 g/mol. The summed E-state index contributed by atoms with van der Waals surface area (Å²) >= 11 is 0. The first-order chi connectivity index (χ1) is 13.3. The van der Waals surface area contributed by atoms with Gasteiger partial charge in [0.15, 0.2) is 0 Å². The van der Waals surface area contributed by atoms with Crippen LogP contribution in [0.3, 0.4) is 0 Å². The Kier molecular flexibility index (Phi) is 5.87. The van der Waals surface area contributed by atoms with E-state index in [1.165, 1.54) is 44.1 Å². The van der Waals surface area contributed by atoms with Crippen molar-refractivity contribution in [2.75, 3.05) is 13.2 Å². The molecule has 2 N–H and O–H groups in total. The molecule has 144 valence electrons. The van der Waals surface area contributed by atoms with Crippen molar-refractivity contribution in [3.63, 3.8) is 0 Å². The highest BCUT2D eigenvalue weighted by molar-refractivity contribution is 5.24. The molecule has 2 aromatic heterocycles. The maximum absolute atomic E-state index is 9.58. The van der Waals surface area contributed by atoms with Crippen LogP contribution in [0.5, 0.6) is 11.6 Å². The van der Waals surface area contributed by atoms with E-state index in [1.807, 2.05) is 24.5 Å². The van der Waals surface area contributed by atoms with Crippen LogP contribution in [-0.2, 0) is 6.42 Å². The Labute approximate surface area is 161 Å². The lowest BCUT2D eigenvalue weighted by Gasteiger charge is -2.27. The minimum Gasteiger partial charge on any atom is -0.493 e. The van der Waals surface area contributed by atoms with Crippen molar-refractivity contribution in [3.8, 4) is 11.6 Å². The Balaban J connectivity index is 1.21. The van der Waals surface area contributed by atoms with Gasteiger partial charge >= 0.3 is 0 Å². The molecule has 3 heterocycles. The van der Waals surface area contributed by atoms with E-state index in [2.05, 4.69) is 21.4 Å². The van der Waals surface area contributed by atoms with Crippen LogP contribution in [0.15, 0.2) is 36.7 Å². The molecule has 5 heteroatoms. The second-order valence-corrected chi connectivity index (χ2v) is 7.97. The first-order valence-electron chi connectivity index (χ1n) is 10.2. The Morgan fingerprint density at radius 2 is 2.11 bits per heavy atom. The number of pyridine rings is 2. The second-order valence-electron chi connectivity index (χ2n) is 7.97. The predicted molar refractivity (Wildman–Crippen MR) is 105 cm³/mol. The Morgan fingerprint density at radius 1 is 1.19 bits per heavy atom. The van der Waals surface area contributed by atoms with E-state index in [0.717, 1.165) is 36.9 Å². The zero-order chi connectivity index (χ0) is 18.5. The Hall–Kier alpha value is -2.14. The van der Waals surface area contributed by atoms with Crippen LogP contribution in [0.4, 0.5) is 0 Å². The van der Waals surface area contributed by atoms with Gasteiger partial charge in [0, 0.05) is 29.9 Å². The van der Waals surface area contributed by atoms with E-state index in [0.29, 0.717) is 12.0 Å². The smallest absolute Gasteiger partial charge is 0.210 e. The third-order valence-corrected chi connectivity index (χ3v) is 5.94. The summed E-state index contributed by atoms with van der Waals surface area (Å²) in [4.78, 5) is 8.64. The first kappa shape index (κ1) is 18.2. The van der Waals surface area contributed by atoms with Gasteiger partial charge in [-0.3, -0.25) is 4.98 Å². The van der Waals surface area contributed by atoms with E-state index in [9.17, 15) is 5.11 Å². The van der Waals surface area contributed by atoms with Gasteiger partial charge in [-0.05, 0) is 68.7 Å². The van der Waals surface area contributed by atoms with Crippen molar-refractivity contribution in [1.82, 2.24) is 15.3 Å². The van der Waals surface area contributed by atoms with Crippen LogP contribution in [0, 0.1) is 5.92 Å². The van der Waals surface area contributed by atoms with Gasteiger partial charge in [0.25, 0.3) is 0 Å². The lowest BCUT2D eigenvalue weighted by atomic mass is 9.96. The molecule has 0 spiro atoms. The van der Waals surface area contributed by atoms with Crippen LogP contribution >= 0.6 is 0 Å². The zero-order valence-electron chi connectivity index (χ0n) is 15.8. The molecule has 5 nitrogen and oxygen atoms in total. The largest absolute Gasteiger partial charge is 0.493 e. The molecule has 1 saturated carbocycles. The highest BCUT2D eigenvalue weighted by Gasteiger charge is 2.26.